The summed E-state index contributed by atoms with van der Waals surface area (Å²) in [6.45, 7) is 2.15. The average Bonchev–Trinajstić information content (AvgIpc) is 2.96. The molecule has 0 aliphatic heterocycles. The Bertz CT molecular complexity index is 553. The van der Waals surface area contributed by atoms with E-state index in [0.29, 0.717) is 5.69 Å². The lowest BCUT2D eigenvalue weighted by Gasteiger charge is -1.90. The molecule has 0 bridgehead atoms. The van der Waals surface area contributed by atoms with E-state index in [1.165, 1.54) is 23.1 Å². The Kier molecular flexibility index (Phi) is 5.29. The minimum atomic E-state index is -0.861. The number of thiazole rings is 1. The number of aryl methyl sites for hydroxylation is 1. The Hall–Kier alpha value is -0.990. The molecule has 0 aromatic carbocycles. The second-order valence-electron chi connectivity index (χ2n) is 3.84. The fourth-order valence-electron chi connectivity index (χ4n) is 1.35. The number of hydrogen-bond donors (Lipinski definition) is 1. The summed E-state index contributed by atoms with van der Waals surface area (Å²) in [7, 11) is 0. The van der Waals surface area contributed by atoms with Gasteiger partial charge in [0.2, 0.25) is 0 Å². The van der Waals surface area contributed by atoms with Gasteiger partial charge in [-0.1, -0.05) is 24.7 Å². The van der Waals surface area contributed by atoms with Crippen molar-refractivity contribution in [3.63, 3.8) is 0 Å². The molecule has 0 radical (unpaired) electrons. The normalized spacial score (nSPS) is 10.8. The van der Waals surface area contributed by atoms with Gasteiger partial charge in [0, 0.05) is 11.8 Å². The minimum absolute atomic E-state index is 0.0328. The van der Waals surface area contributed by atoms with E-state index in [9.17, 15) is 4.79 Å². The first-order valence-electron chi connectivity index (χ1n) is 5.83. The lowest BCUT2D eigenvalue weighted by molar-refractivity contribution is -0.136. The van der Waals surface area contributed by atoms with E-state index in [2.05, 4.69) is 22.1 Å². The molecular weight excluding hydrogens is 302 g/mol. The monoisotopic (exact) mass is 315 g/mol. The van der Waals surface area contributed by atoms with Crippen LogP contribution in [0.5, 0.6) is 0 Å². The quantitative estimate of drug-likeness (QED) is 0.846. The van der Waals surface area contributed by atoms with Crippen molar-refractivity contribution < 1.29 is 9.90 Å². The molecule has 2 heterocycles. The van der Waals surface area contributed by atoms with E-state index in [-0.39, 0.29) is 6.42 Å². The number of aromatic nitrogens is 3. The van der Waals surface area contributed by atoms with Crippen LogP contribution in [-0.2, 0) is 17.6 Å². The third kappa shape index (κ3) is 4.55. The molecule has 19 heavy (non-hydrogen) atoms. The predicted molar refractivity (Wildman–Crippen MR) is 76.1 cm³/mol. The van der Waals surface area contributed by atoms with Crippen molar-refractivity contribution >= 4 is 40.4 Å². The van der Waals surface area contributed by atoms with E-state index in [4.69, 9.17) is 5.11 Å². The van der Waals surface area contributed by atoms with Crippen LogP contribution in [0.25, 0.3) is 0 Å². The van der Waals surface area contributed by atoms with Crippen LogP contribution in [0.15, 0.2) is 14.1 Å². The van der Waals surface area contributed by atoms with Gasteiger partial charge in [0.05, 0.1) is 12.1 Å². The fourth-order valence-corrected chi connectivity index (χ4v) is 4.33. The van der Waals surface area contributed by atoms with Crippen LogP contribution in [0, 0.1) is 0 Å². The van der Waals surface area contributed by atoms with Gasteiger partial charge in [-0.15, -0.1) is 21.5 Å². The summed E-state index contributed by atoms with van der Waals surface area (Å²) in [4.78, 5) is 14.8. The number of hydrogen-bond acceptors (Lipinski definition) is 7. The lowest BCUT2D eigenvalue weighted by atomic mass is 10.3. The Balaban J connectivity index is 1.94. The zero-order valence-electron chi connectivity index (χ0n) is 10.3. The first-order valence-corrected chi connectivity index (χ1v) is 8.35. The number of aliphatic carboxylic acids is 1. The first-order chi connectivity index (χ1) is 9.17. The lowest BCUT2D eigenvalue weighted by Crippen LogP contribution is -1.99. The Morgan fingerprint density at radius 1 is 1.42 bits per heavy atom. The summed E-state index contributed by atoms with van der Waals surface area (Å²) in [5.41, 5.74) is 0.593. The number of unbranched alkanes of at least 4 members (excludes halogenated alkanes) is 1. The van der Waals surface area contributed by atoms with Gasteiger partial charge in [0.1, 0.15) is 5.01 Å². The average molecular weight is 315 g/mol. The van der Waals surface area contributed by atoms with Gasteiger partial charge >= 0.3 is 5.97 Å². The maximum atomic E-state index is 10.6. The SMILES string of the molecule is CCCCc1nnc(Sc2nc(CC(=O)O)cs2)s1. The molecule has 0 fully saturated rings. The topological polar surface area (TPSA) is 76.0 Å². The predicted octanol–water partition coefficient (Wildman–Crippen LogP) is 3.12. The second kappa shape index (κ2) is 6.97. The van der Waals surface area contributed by atoms with Gasteiger partial charge in [-0.25, -0.2) is 4.98 Å². The van der Waals surface area contributed by atoms with Crippen LogP contribution in [0.1, 0.15) is 30.5 Å². The molecule has 0 atom stereocenters. The molecule has 0 aliphatic rings. The number of rotatable bonds is 7. The van der Waals surface area contributed by atoms with Gasteiger partial charge in [-0.2, -0.15) is 0 Å². The maximum Gasteiger partial charge on any atom is 0.309 e. The van der Waals surface area contributed by atoms with Crippen molar-refractivity contribution in [1.29, 1.82) is 0 Å². The van der Waals surface area contributed by atoms with Crippen LogP contribution < -0.4 is 0 Å². The smallest absolute Gasteiger partial charge is 0.309 e. The largest absolute Gasteiger partial charge is 0.481 e. The molecular formula is C11H13N3O2S3. The van der Waals surface area contributed by atoms with E-state index in [1.807, 2.05) is 0 Å². The Labute approximate surface area is 123 Å². The van der Waals surface area contributed by atoms with Crippen LogP contribution in [-0.4, -0.2) is 26.3 Å². The highest BCUT2D eigenvalue weighted by Crippen LogP contribution is 2.32. The number of nitrogens with zero attached hydrogens (tertiary/aromatic N) is 3. The molecule has 0 amide bonds. The van der Waals surface area contributed by atoms with Crippen molar-refractivity contribution in [2.45, 2.75) is 41.3 Å². The van der Waals surface area contributed by atoms with Crippen LogP contribution in [0.3, 0.4) is 0 Å². The van der Waals surface area contributed by atoms with E-state index in [1.54, 1.807) is 16.7 Å². The number of carboxylic acid groups (broad SMARTS) is 1. The van der Waals surface area contributed by atoms with Crippen molar-refractivity contribution in [2.24, 2.45) is 0 Å². The van der Waals surface area contributed by atoms with Crippen molar-refractivity contribution in [3.05, 3.63) is 16.1 Å². The minimum Gasteiger partial charge on any atom is -0.481 e. The molecule has 2 aromatic heterocycles. The first kappa shape index (κ1) is 14.4. The molecule has 2 aromatic rings. The van der Waals surface area contributed by atoms with Gasteiger partial charge in [-0.3, -0.25) is 4.79 Å². The second-order valence-corrected chi connectivity index (χ2v) is 7.26. The van der Waals surface area contributed by atoms with Crippen LogP contribution in [0.2, 0.25) is 0 Å². The summed E-state index contributed by atoms with van der Waals surface area (Å²) < 4.78 is 1.68. The molecule has 0 unspecified atom stereocenters. The zero-order valence-corrected chi connectivity index (χ0v) is 12.8. The van der Waals surface area contributed by atoms with Gasteiger partial charge in [0.15, 0.2) is 8.68 Å². The van der Waals surface area contributed by atoms with Crippen LogP contribution in [0.4, 0.5) is 0 Å². The molecule has 0 spiro atoms. The Morgan fingerprint density at radius 2 is 2.26 bits per heavy atom. The van der Waals surface area contributed by atoms with Crippen molar-refractivity contribution in [3.8, 4) is 0 Å². The molecule has 5 nitrogen and oxygen atoms in total. The third-order valence-corrected chi connectivity index (χ3v) is 5.25. The number of carboxylic acids is 1. The highest BCUT2D eigenvalue weighted by molar-refractivity contribution is 8.02. The Morgan fingerprint density at radius 3 is 3.00 bits per heavy atom. The summed E-state index contributed by atoms with van der Waals surface area (Å²) >= 11 is 4.47. The fraction of sp³-hybridized carbons (Fsp3) is 0.455. The van der Waals surface area contributed by atoms with E-state index < -0.39 is 5.97 Å². The van der Waals surface area contributed by atoms with Crippen molar-refractivity contribution in [2.75, 3.05) is 0 Å². The van der Waals surface area contributed by atoms with Gasteiger partial charge in [-0.05, 0) is 18.2 Å². The molecule has 8 heteroatoms. The highest BCUT2D eigenvalue weighted by Gasteiger charge is 2.10. The van der Waals surface area contributed by atoms with Gasteiger partial charge < -0.3 is 5.11 Å². The summed E-state index contributed by atoms with van der Waals surface area (Å²) in [6.07, 6.45) is 3.21. The van der Waals surface area contributed by atoms with Gasteiger partial charge in [0.25, 0.3) is 0 Å². The molecule has 0 aliphatic carbocycles. The standard InChI is InChI=1S/C11H13N3O2S3/c1-2-3-4-8-13-14-11(18-8)19-10-12-7(6-17-10)5-9(15)16/h6H,2-5H2,1H3,(H,15,16). The molecule has 2 rings (SSSR count). The maximum absolute atomic E-state index is 10.6. The zero-order chi connectivity index (χ0) is 13.7. The molecule has 1 N–H and O–H groups in total. The van der Waals surface area contributed by atoms with Crippen molar-refractivity contribution in [1.82, 2.24) is 15.2 Å². The van der Waals surface area contributed by atoms with E-state index in [0.717, 1.165) is 32.9 Å². The highest BCUT2D eigenvalue weighted by atomic mass is 32.2. The number of carbonyl (C=O) groups is 1. The summed E-state index contributed by atoms with van der Waals surface area (Å²) in [5.74, 6) is -0.861. The summed E-state index contributed by atoms with van der Waals surface area (Å²) in [6, 6.07) is 0. The third-order valence-electron chi connectivity index (χ3n) is 2.23. The molecule has 0 saturated heterocycles. The van der Waals surface area contributed by atoms with E-state index >= 15 is 0 Å². The van der Waals surface area contributed by atoms with Crippen LogP contribution >= 0.6 is 34.4 Å². The molecule has 102 valence electrons. The summed E-state index contributed by atoms with van der Waals surface area (Å²) in [5, 5.41) is 19.8. The molecule has 0 saturated carbocycles.